The van der Waals surface area contributed by atoms with Crippen LogP contribution < -0.4 is 5.32 Å². The topological polar surface area (TPSA) is 21.3 Å². The SMILES string of the molecule is CC1=C(C)C2(CNC2)OC1. The lowest BCUT2D eigenvalue weighted by Gasteiger charge is -2.39. The predicted octanol–water partition coefficient (Wildman–Crippen LogP) is 0.695. The smallest absolute Gasteiger partial charge is 0.114 e. The highest BCUT2D eigenvalue weighted by molar-refractivity contribution is 5.30. The highest BCUT2D eigenvalue weighted by atomic mass is 16.5. The van der Waals surface area contributed by atoms with Gasteiger partial charge in [0.05, 0.1) is 6.61 Å². The van der Waals surface area contributed by atoms with E-state index in [2.05, 4.69) is 19.2 Å². The van der Waals surface area contributed by atoms with Gasteiger partial charge in [-0.3, -0.25) is 0 Å². The fourth-order valence-corrected chi connectivity index (χ4v) is 1.57. The van der Waals surface area contributed by atoms with Gasteiger partial charge in [0, 0.05) is 13.1 Å². The molecule has 0 radical (unpaired) electrons. The van der Waals surface area contributed by atoms with Gasteiger partial charge in [0.25, 0.3) is 0 Å². The second kappa shape index (κ2) is 1.83. The van der Waals surface area contributed by atoms with Gasteiger partial charge in [0.15, 0.2) is 0 Å². The molecule has 2 aliphatic heterocycles. The van der Waals surface area contributed by atoms with Crippen LogP contribution in [0.4, 0.5) is 0 Å². The number of hydrogen-bond acceptors (Lipinski definition) is 2. The average molecular weight is 139 g/mol. The molecule has 0 bridgehead atoms. The van der Waals surface area contributed by atoms with E-state index in [0.717, 1.165) is 19.7 Å². The van der Waals surface area contributed by atoms with E-state index in [1.165, 1.54) is 11.1 Å². The van der Waals surface area contributed by atoms with Gasteiger partial charge in [-0.05, 0) is 25.0 Å². The Morgan fingerprint density at radius 2 is 2.10 bits per heavy atom. The zero-order valence-corrected chi connectivity index (χ0v) is 6.53. The third-order valence-corrected chi connectivity index (χ3v) is 2.71. The van der Waals surface area contributed by atoms with Crippen LogP contribution in [0.3, 0.4) is 0 Å². The van der Waals surface area contributed by atoms with Crippen molar-refractivity contribution in [2.75, 3.05) is 19.7 Å². The molecule has 10 heavy (non-hydrogen) atoms. The molecule has 1 N–H and O–H groups in total. The Morgan fingerprint density at radius 3 is 2.30 bits per heavy atom. The molecule has 2 nitrogen and oxygen atoms in total. The van der Waals surface area contributed by atoms with Crippen molar-refractivity contribution < 1.29 is 4.74 Å². The molecule has 0 amide bonds. The molecule has 1 spiro atoms. The van der Waals surface area contributed by atoms with Gasteiger partial charge >= 0.3 is 0 Å². The molecule has 0 atom stereocenters. The lowest BCUT2D eigenvalue weighted by atomic mass is 9.88. The summed E-state index contributed by atoms with van der Waals surface area (Å²) in [7, 11) is 0. The molecular formula is C8H13NO. The maximum atomic E-state index is 5.66. The summed E-state index contributed by atoms with van der Waals surface area (Å²) < 4.78 is 5.66. The number of rotatable bonds is 0. The summed E-state index contributed by atoms with van der Waals surface area (Å²) in [6.07, 6.45) is 0. The molecule has 0 saturated carbocycles. The van der Waals surface area contributed by atoms with Gasteiger partial charge in [-0.2, -0.15) is 0 Å². The third kappa shape index (κ3) is 0.607. The Balaban J connectivity index is 2.27. The first kappa shape index (κ1) is 6.38. The van der Waals surface area contributed by atoms with Gasteiger partial charge in [0.2, 0.25) is 0 Å². The summed E-state index contributed by atoms with van der Waals surface area (Å²) in [6, 6.07) is 0. The first-order valence-electron chi connectivity index (χ1n) is 3.76. The Morgan fingerprint density at radius 1 is 1.40 bits per heavy atom. The van der Waals surface area contributed by atoms with Gasteiger partial charge < -0.3 is 10.1 Å². The van der Waals surface area contributed by atoms with E-state index in [1.54, 1.807) is 0 Å². The minimum Gasteiger partial charge on any atom is -0.364 e. The van der Waals surface area contributed by atoms with Crippen molar-refractivity contribution >= 4 is 0 Å². The Kier molecular flexibility index (Phi) is 1.17. The highest BCUT2D eigenvalue weighted by Gasteiger charge is 2.43. The summed E-state index contributed by atoms with van der Waals surface area (Å²) >= 11 is 0. The molecule has 0 unspecified atom stereocenters. The largest absolute Gasteiger partial charge is 0.364 e. The normalized spacial score (nSPS) is 29.4. The lowest BCUT2D eigenvalue weighted by Crippen LogP contribution is -2.60. The first-order chi connectivity index (χ1) is 4.75. The van der Waals surface area contributed by atoms with Crippen LogP contribution in [-0.4, -0.2) is 25.3 Å². The van der Waals surface area contributed by atoms with Gasteiger partial charge in [-0.1, -0.05) is 0 Å². The number of ether oxygens (including phenoxy) is 1. The monoisotopic (exact) mass is 139 g/mol. The van der Waals surface area contributed by atoms with Crippen LogP contribution in [0, 0.1) is 0 Å². The molecule has 56 valence electrons. The fraction of sp³-hybridized carbons (Fsp3) is 0.750. The summed E-state index contributed by atoms with van der Waals surface area (Å²) in [6.45, 7) is 7.20. The standard InChI is InChI=1S/C8H13NO/c1-6-3-10-8(7(6)2)4-9-5-8/h9H,3-5H2,1-2H3. The van der Waals surface area contributed by atoms with Crippen LogP contribution >= 0.6 is 0 Å². The van der Waals surface area contributed by atoms with E-state index in [9.17, 15) is 0 Å². The average Bonchev–Trinajstić information content (AvgIpc) is 2.10. The molecule has 1 fully saturated rings. The maximum Gasteiger partial charge on any atom is 0.114 e. The zero-order valence-electron chi connectivity index (χ0n) is 6.53. The van der Waals surface area contributed by atoms with Gasteiger partial charge in [-0.25, -0.2) is 0 Å². The maximum absolute atomic E-state index is 5.66. The molecular weight excluding hydrogens is 126 g/mol. The van der Waals surface area contributed by atoms with Crippen LogP contribution in [-0.2, 0) is 4.74 Å². The molecule has 2 heteroatoms. The van der Waals surface area contributed by atoms with Crippen molar-refractivity contribution in [3.05, 3.63) is 11.1 Å². The molecule has 0 aromatic rings. The molecule has 2 rings (SSSR count). The molecule has 0 aromatic carbocycles. The van der Waals surface area contributed by atoms with Crippen molar-refractivity contribution in [1.82, 2.24) is 5.32 Å². The van der Waals surface area contributed by atoms with Gasteiger partial charge in [-0.15, -0.1) is 0 Å². The summed E-state index contributed by atoms with van der Waals surface area (Å²) in [4.78, 5) is 0. The minimum absolute atomic E-state index is 0.115. The quantitative estimate of drug-likeness (QED) is 0.499. The number of hydrogen-bond donors (Lipinski definition) is 1. The van der Waals surface area contributed by atoms with Crippen LogP contribution in [0.2, 0.25) is 0 Å². The van der Waals surface area contributed by atoms with E-state index >= 15 is 0 Å². The van der Waals surface area contributed by atoms with Crippen LogP contribution in [0.1, 0.15) is 13.8 Å². The van der Waals surface area contributed by atoms with Crippen molar-refractivity contribution in [2.45, 2.75) is 19.4 Å². The van der Waals surface area contributed by atoms with Gasteiger partial charge in [0.1, 0.15) is 5.60 Å². The molecule has 2 heterocycles. The Labute approximate surface area is 61.3 Å². The van der Waals surface area contributed by atoms with Crippen molar-refractivity contribution in [2.24, 2.45) is 0 Å². The molecule has 0 aromatic heterocycles. The highest BCUT2D eigenvalue weighted by Crippen LogP contribution is 2.34. The molecule has 1 saturated heterocycles. The van der Waals surface area contributed by atoms with E-state index in [4.69, 9.17) is 4.74 Å². The minimum atomic E-state index is 0.115. The summed E-state index contributed by atoms with van der Waals surface area (Å²) in [5.74, 6) is 0. The van der Waals surface area contributed by atoms with E-state index in [-0.39, 0.29) is 5.60 Å². The summed E-state index contributed by atoms with van der Waals surface area (Å²) in [5, 5.41) is 3.24. The van der Waals surface area contributed by atoms with Crippen LogP contribution in [0.25, 0.3) is 0 Å². The first-order valence-corrected chi connectivity index (χ1v) is 3.76. The zero-order chi connectivity index (χ0) is 7.19. The van der Waals surface area contributed by atoms with Crippen molar-refractivity contribution in [3.8, 4) is 0 Å². The van der Waals surface area contributed by atoms with Crippen molar-refractivity contribution in [3.63, 3.8) is 0 Å². The lowest BCUT2D eigenvalue weighted by molar-refractivity contribution is -0.0221. The number of nitrogens with one attached hydrogen (secondary N) is 1. The second-order valence-corrected chi connectivity index (χ2v) is 3.29. The molecule has 2 aliphatic rings. The Hall–Kier alpha value is -0.340. The van der Waals surface area contributed by atoms with Crippen molar-refractivity contribution in [1.29, 1.82) is 0 Å². The van der Waals surface area contributed by atoms with E-state index in [0.29, 0.717) is 0 Å². The summed E-state index contributed by atoms with van der Waals surface area (Å²) in [5.41, 5.74) is 2.98. The van der Waals surface area contributed by atoms with Crippen LogP contribution in [0.15, 0.2) is 11.1 Å². The Bertz CT molecular complexity index is 191. The fourth-order valence-electron chi connectivity index (χ4n) is 1.57. The third-order valence-electron chi connectivity index (χ3n) is 2.71. The molecule has 0 aliphatic carbocycles. The van der Waals surface area contributed by atoms with Crippen LogP contribution in [0.5, 0.6) is 0 Å². The van der Waals surface area contributed by atoms with E-state index in [1.807, 2.05) is 0 Å². The van der Waals surface area contributed by atoms with E-state index < -0.39 is 0 Å². The predicted molar refractivity (Wildman–Crippen MR) is 39.9 cm³/mol. The second-order valence-electron chi connectivity index (χ2n) is 3.29.